The zero-order chi connectivity index (χ0) is 18.7. The molecule has 4 nitrogen and oxygen atoms in total. The van der Waals surface area contributed by atoms with Crippen LogP contribution >= 0.6 is 23.6 Å². The number of methoxy groups -OCH3 is 1. The van der Waals surface area contributed by atoms with E-state index in [4.69, 9.17) is 17.0 Å². The van der Waals surface area contributed by atoms with Crippen LogP contribution in [0.4, 0.5) is 5.00 Å². The molecule has 2 aromatic rings. The van der Waals surface area contributed by atoms with Crippen molar-refractivity contribution < 1.29 is 9.53 Å². The molecule has 0 bridgehead atoms. The van der Waals surface area contributed by atoms with E-state index in [-0.39, 0.29) is 12.0 Å². The van der Waals surface area contributed by atoms with Crippen LogP contribution in [0.25, 0.3) is 0 Å². The molecule has 0 aliphatic carbocycles. The Morgan fingerprint density at radius 2 is 1.92 bits per heavy atom. The number of hydrogen-bond acceptors (Lipinski definition) is 4. The molecule has 134 valence electrons. The number of anilines is 1. The predicted molar refractivity (Wildman–Crippen MR) is 109 cm³/mol. The van der Waals surface area contributed by atoms with Crippen LogP contribution in [0.15, 0.2) is 18.2 Å². The summed E-state index contributed by atoms with van der Waals surface area (Å²) in [4.78, 5) is 13.1. The van der Waals surface area contributed by atoms with Crippen molar-refractivity contribution in [1.82, 2.24) is 5.32 Å². The van der Waals surface area contributed by atoms with Gasteiger partial charge >= 0.3 is 5.97 Å². The third-order valence-corrected chi connectivity index (χ3v) is 5.59. The number of hydrogen-bond donors (Lipinski definition) is 2. The summed E-state index contributed by atoms with van der Waals surface area (Å²) in [6.45, 7) is 10.1. The largest absolute Gasteiger partial charge is 0.465 e. The fraction of sp³-hybridized carbons (Fsp3) is 0.368. The molecule has 0 saturated carbocycles. The number of rotatable bonds is 4. The van der Waals surface area contributed by atoms with Gasteiger partial charge in [-0.3, -0.25) is 0 Å². The Bertz CT molecular complexity index is 812. The van der Waals surface area contributed by atoms with Gasteiger partial charge in [0, 0.05) is 4.88 Å². The second-order valence-corrected chi connectivity index (χ2v) is 7.79. The van der Waals surface area contributed by atoms with Crippen LogP contribution in [-0.2, 0) is 4.74 Å². The molecule has 2 N–H and O–H groups in total. The average molecular weight is 377 g/mol. The molecule has 0 fully saturated rings. The molecular formula is C19H24N2O2S2. The van der Waals surface area contributed by atoms with E-state index in [0.717, 1.165) is 10.4 Å². The quantitative estimate of drug-likeness (QED) is 0.592. The van der Waals surface area contributed by atoms with Gasteiger partial charge < -0.3 is 15.4 Å². The van der Waals surface area contributed by atoms with Crippen LogP contribution in [0.2, 0.25) is 0 Å². The van der Waals surface area contributed by atoms with Crippen LogP contribution in [-0.4, -0.2) is 18.2 Å². The molecule has 0 radical (unpaired) electrons. The lowest BCUT2D eigenvalue weighted by molar-refractivity contribution is 0.0601. The molecule has 0 aliphatic heterocycles. The minimum atomic E-state index is -0.352. The molecule has 1 aromatic carbocycles. The van der Waals surface area contributed by atoms with Gasteiger partial charge in [0.15, 0.2) is 5.11 Å². The first-order valence-electron chi connectivity index (χ1n) is 8.07. The summed E-state index contributed by atoms with van der Waals surface area (Å²) in [5, 5.41) is 7.66. The van der Waals surface area contributed by atoms with Crippen molar-refractivity contribution in [2.24, 2.45) is 0 Å². The Kier molecular flexibility index (Phi) is 6.19. The first-order valence-corrected chi connectivity index (χ1v) is 9.30. The molecule has 2 rings (SSSR count). The number of carbonyl (C=O) groups is 1. The van der Waals surface area contributed by atoms with E-state index in [0.29, 0.717) is 15.7 Å². The molecular weight excluding hydrogens is 352 g/mol. The van der Waals surface area contributed by atoms with Crippen molar-refractivity contribution in [1.29, 1.82) is 0 Å². The van der Waals surface area contributed by atoms with E-state index in [9.17, 15) is 4.79 Å². The van der Waals surface area contributed by atoms with E-state index in [1.165, 1.54) is 35.1 Å². The van der Waals surface area contributed by atoms with Gasteiger partial charge in [-0.2, -0.15) is 0 Å². The number of benzene rings is 1. The highest BCUT2D eigenvalue weighted by Gasteiger charge is 2.21. The Hall–Kier alpha value is -1.92. The van der Waals surface area contributed by atoms with Crippen LogP contribution in [0.5, 0.6) is 0 Å². The zero-order valence-electron chi connectivity index (χ0n) is 15.4. The molecule has 25 heavy (non-hydrogen) atoms. The van der Waals surface area contributed by atoms with E-state index >= 15 is 0 Å². The Balaban J connectivity index is 2.17. The van der Waals surface area contributed by atoms with Gasteiger partial charge in [0.1, 0.15) is 5.00 Å². The van der Waals surface area contributed by atoms with E-state index in [2.05, 4.69) is 49.6 Å². The number of carbonyl (C=O) groups excluding carboxylic acids is 1. The van der Waals surface area contributed by atoms with E-state index in [1.807, 2.05) is 13.8 Å². The van der Waals surface area contributed by atoms with Gasteiger partial charge in [0.25, 0.3) is 0 Å². The van der Waals surface area contributed by atoms with Crippen molar-refractivity contribution in [2.75, 3.05) is 12.4 Å². The minimum Gasteiger partial charge on any atom is -0.465 e. The molecule has 0 amide bonds. The van der Waals surface area contributed by atoms with Crippen LogP contribution in [0.1, 0.15) is 50.5 Å². The second kappa shape index (κ2) is 7.97. The summed E-state index contributed by atoms with van der Waals surface area (Å²) < 4.78 is 4.90. The number of aryl methyl sites for hydroxylation is 3. The number of thiocarbonyl (C=S) groups is 1. The first-order chi connectivity index (χ1) is 11.7. The molecule has 1 aromatic heterocycles. The van der Waals surface area contributed by atoms with Crippen molar-refractivity contribution in [3.63, 3.8) is 0 Å². The van der Waals surface area contributed by atoms with E-state index in [1.54, 1.807) is 0 Å². The number of ether oxygens (including phenoxy) is 1. The van der Waals surface area contributed by atoms with Crippen LogP contribution in [0.3, 0.4) is 0 Å². The third-order valence-electron chi connectivity index (χ3n) is 4.25. The van der Waals surface area contributed by atoms with Gasteiger partial charge in [-0.25, -0.2) is 4.79 Å². The molecule has 0 saturated heterocycles. The Morgan fingerprint density at radius 3 is 2.56 bits per heavy atom. The maximum absolute atomic E-state index is 12.1. The molecule has 1 atom stereocenters. The second-order valence-electron chi connectivity index (χ2n) is 6.16. The van der Waals surface area contributed by atoms with Gasteiger partial charge in [-0.15, -0.1) is 11.3 Å². The number of esters is 1. The Morgan fingerprint density at radius 1 is 1.24 bits per heavy atom. The number of thiophene rings is 1. The van der Waals surface area contributed by atoms with Crippen molar-refractivity contribution >= 4 is 39.6 Å². The fourth-order valence-corrected chi connectivity index (χ4v) is 4.10. The summed E-state index contributed by atoms with van der Waals surface area (Å²) in [5.41, 5.74) is 5.10. The average Bonchev–Trinajstić information content (AvgIpc) is 2.82. The molecule has 1 heterocycles. The topological polar surface area (TPSA) is 50.4 Å². The highest BCUT2D eigenvalue weighted by molar-refractivity contribution is 7.80. The van der Waals surface area contributed by atoms with Gasteiger partial charge in [-0.05, 0) is 63.5 Å². The summed E-state index contributed by atoms with van der Waals surface area (Å²) in [6.07, 6.45) is 0. The summed E-state index contributed by atoms with van der Waals surface area (Å²) in [7, 11) is 1.39. The third kappa shape index (κ3) is 4.38. The summed E-state index contributed by atoms with van der Waals surface area (Å²) in [5.74, 6) is -0.352. The highest BCUT2D eigenvalue weighted by atomic mass is 32.1. The molecule has 6 heteroatoms. The lowest BCUT2D eigenvalue weighted by Crippen LogP contribution is -2.31. The number of nitrogens with one attached hydrogen (secondary N) is 2. The van der Waals surface area contributed by atoms with Gasteiger partial charge in [0.05, 0.1) is 18.7 Å². The maximum atomic E-state index is 12.1. The van der Waals surface area contributed by atoms with E-state index < -0.39 is 0 Å². The molecule has 0 aliphatic rings. The van der Waals surface area contributed by atoms with Crippen molar-refractivity contribution in [3.05, 3.63) is 50.9 Å². The SMILES string of the molecule is COC(=O)c1c(NC(=S)NC(C)c2cc(C)ccc2C)sc(C)c1C. The van der Waals surface area contributed by atoms with Gasteiger partial charge in [-0.1, -0.05) is 23.8 Å². The highest BCUT2D eigenvalue weighted by Crippen LogP contribution is 2.33. The lowest BCUT2D eigenvalue weighted by atomic mass is 10.0. The molecule has 0 spiro atoms. The van der Waals surface area contributed by atoms with Crippen molar-refractivity contribution in [2.45, 2.75) is 40.7 Å². The molecule has 1 unspecified atom stereocenters. The van der Waals surface area contributed by atoms with Crippen LogP contribution < -0.4 is 10.6 Å². The maximum Gasteiger partial charge on any atom is 0.341 e. The van der Waals surface area contributed by atoms with Gasteiger partial charge in [0.2, 0.25) is 0 Å². The normalized spacial score (nSPS) is 11.8. The van der Waals surface area contributed by atoms with Crippen molar-refractivity contribution in [3.8, 4) is 0 Å². The monoisotopic (exact) mass is 376 g/mol. The van der Waals surface area contributed by atoms with Crippen LogP contribution in [0, 0.1) is 27.7 Å². The standard InChI is InChI=1S/C19H24N2O2S2/c1-10-7-8-11(2)15(9-10)13(4)20-19(24)21-17-16(18(22)23-6)12(3)14(5)25-17/h7-9,13H,1-6H3,(H2,20,21,24). The summed E-state index contributed by atoms with van der Waals surface area (Å²) >= 11 is 6.96. The summed E-state index contributed by atoms with van der Waals surface area (Å²) in [6, 6.07) is 6.43. The zero-order valence-corrected chi connectivity index (χ0v) is 17.1. The Labute approximate surface area is 158 Å². The predicted octanol–water partition coefficient (Wildman–Crippen LogP) is 4.82. The minimum absolute atomic E-state index is 0.0589. The first kappa shape index (κ1) is 19.4. The smallest absolute Gasteiger partial charge is 0.341 e. The lowest BCUT2D eigenvalue weighted by Gasteiger charge is -2.19. The fourth-order valence-electron chi connectivity index (χ4n) is 2.70.